The molecule has 2 unspecified atom stereocenters. The third kappa shape index (κ3) is 3.77. The lowest BCUT2D eigenvalue weighted by atomic mass is 10.2. The minimum atomic E-state index is -0.464. The Balaban J connectivity index is 2.16. The third-order valence-electron chi connectivity index (χ3n) is 2.24. The Morgan fingerprint density at radius 1 is 1.50 bits per heavy atom. The minimum Gasteiger partial charge on any atom is -0.394 e. The van der Waals surface area contributed by atoms with Gasteiger partial charge in [-0.3, -0.25) is 0 Å². The molecule has 1 aliphatic heterocycles. The van der Waals surface area contributed by atoms with E-state index in [4.69, 9.17) is 14.6 Å². The van der Waals surface area contributed by atoms with Gasteiger partial charge in [0.2, 0.25) is 0 Å². The van der Waals surface area contributed by atoms with E-state index in [9.17, 15) is 0 Å². The van der Waals surface area contributed by atoms with Crippen molar-refractivity contribution in [2.75, 3.05) is 24.7 Å². The van der Waals surface area contributed by atoms with Crippen molar-refractivity contribution in [1.82, 2.24) is 0 Å². The highest BCUT2D eigenvalue weighted by Crippen LogP contribution is 2.27. The standard InChI is InChI=1S/C10H20O3S/c1-3-5-14-6-4-10(2)12-8-9(7-11)13-10/h9,11H,3-8H2,1-2H3. The average molecular weight is 220 g/mol. The zero-order chi connectivity index (χ0) is 10.4. The predicted molar refractivity (Wildman–Crippen MR) is 58.5 cm³/mol. The molecular formula is C10H20O3S. The van der Waals surface area contributed by atoms with Gasteiger partial charge >= 0.3 is 0 Å². The van der Waals surface area contributed by atoms with Gasteiger partial charge in [-0.05, 0) is 24.9 Å². The number of hydrogen-bond donors (Lipinski definition) is 1. The number of aliphatic hydroxyl groups is 1. The van der Waals surface area contributed by atoms with Gasteiger partial charge in [-0.2, -0.15) is 11.8 Å². The monoisotopic (exact) mass is 220 g/mol. The fourth-order valence-electron chi connectivity index (χ4n) is 1.41. The van der Waals surface area contributed by atoms with E-state index >= 15 is 0 Å². The maximum absolute atomic E-state index is 8.90. The molecule has 3 nitrogen and oxygen atoms in total. The molecule has 2 atom stereocenters. The van der Waals surface area contributed by atoms with Crippen LogP contribution in [0.4, 0.5) is 0 Å². The van der Waals surface area contributed by atoms with Crippen LogP contribution in [-0.4, -0.2) is 41.7 Å². The fraction of sp³-hybridized carbons (Fsp3) is 1.00. The van der Waals surface area contributed by atoms with Gasteiger partial charge in [-0.1, -0.05) is 6.92 Å². The van der Waals surface area contributed by atoms with Crippen molar-refractivity contribution in [2.24, 2.45) is 0 Å². The smallest absolute Gasteiger partial charge is 0.167 e. The molecule has 0 bridgehead atoms. The fourth-order valence-corrected chi connectivity index (χ4v) is 2.42. The molecule has 1 fully saturated rings. The first-order valence-corrected chi connectivity index (χ1v) is 6.36. The van der Waals surface area contributed by atoms with Crippen LogP contribution in [0.1, 0.15) is 26.7 Å². The minimum absolute atomic E-state index is 0.0533. The van der Waals surface area contributed by atoms with Crippen LogP contribution in [0.3, 0.4) is 0 Å². The molecule has 0 aliphatic carbocycles. The topological polar surface area (TPSA) is 38.7 Å². The second kappa shape index (κ2) is 5.95. The van der Waals surface area contributed by atoms with Crippen molar-refractivity contribution in [1.29, 1.82) is 0 Å². The molecule has 1 heterocycles. The molecule has 0 aromatic carbocycles. The van der Waals surface area contributed by atoms with E-state index in [0.717, 1.165) is 12.2 Å². The summed E-state index contributed by atoms with van der Waals surface area (Å²) in [6, 6.07) is 0. The molecule has 1 saturated heterocycles. The zero-order valence-electron chi connectivity index (χ0n) is 8.99. The SMILES string of the molecule is CCCSCCC1(C)OCC(CO)O1. The first-order valence-electron chi connectivity index (χ1n) is 5.20. The Labute approximate surface area is 90.2 Å². The lowest BCUT2D eigenvalue weighted by molar-refractivity contribution is -0.157. The maximum Gasteiger partial charge on any atom is 0.167 e. The van der Waals surface area contributed by atoms with Gasteiger partial charge in [0.05, 0.1) is 13.2 Å². The van der Waals surface area contributed by atoms with Gasteiger partial charge in [0, 0.05) is 6.42 Å². The summed E-state index contributed by atoms with van der Waals surface area (Å²) in [7, 11) is 0. The summed E-state index contributed by atoms with van der Waals surface area (Å²) < 4.78 is 11.1. The van der Waals surface area contributed by atoms with Crippen LogP contribution >= 0.6 is 11.8 Å². The molecule has 1 rings (SSSR count). The highest BCUT2D eigenvalue weighted by atomic mass is 32.2. The maximum atomic E-state index is 8.90. The highest BCUT2D eigenvalue weighted by Gasteiger charge is 2.36. The summed E-state index contributed by atoms with van der Waals surface area (Å²) in [5.74, 6) is 1.79. The summed E-state index contributed by atoms with van der Waals surface area (Å²) in [5, 5.41) is 8.90. The molecule has 14 heavy (non-hydrogen) atoms. The van der Waals surface area contributed by atoms with Crippen molar-refractivity contribution in [3.8, 4) is 0 Å². The Kier molecular flexibility index (Phi) is 5.23. The van der Waals surface area contributed by atoms with Crippen molar-refractivity contribution >= 4 is 11.8 Å². The normalized spacial score (nSPS) is 32.4. The molecule has 4 heteroatoms. The predicted octanol–water partition coefficient (Wildman–Crippen LogP) is 1.64. The van der Waals surface area contributed by atoms with Gasteiger partial charge in [-0.15, -0.1) is 0 Å². The van der Waals surface area contributed by atoms with E-state index in [1.165, 1.54) is 12.2 Å². The van der Waals surface area contributed by atoms with Gasteiger partial charge in [0.25, 0.3) is 0 Å². The summed E-state index contributed by atoms with van der Waals surface area (Å²) in [4.78, 5) is 0. The van der Waals surface area contributed by atoms with Crippen LogP contribution in [0, 0.1) is 0 Å². The van der Waals surface area contributed by atoms with Gasteiger partial charge in [0.1, 0.15) is 6.10 Å². The van der Waals surface area contributed by atoms with Gasteiger partial charge < -0.3 is 14.6 Å². The van der Waals surface area contributed by atoms with E-state index in [1.54, 1.807) is 0 Å². The van der Waals surface area contributed by atoms with Crippen LogP contribution in [0.5, 0.6) is 0 Å². The number of thioether (sulfide) groups is 1. The van der Waals surface area contributed by atoms with Crippen molar-refractivity contribution in [2.45, 2.75) is 38.6 Å². The van der Waals surface area contributed by atoms with Gasteiger partial charge in [0.15, 0.2) is 5.79 Å². The van der Waals surface area contributed by atoms with E-state index in [-0.39, 0.29) is 12.7 Å². The zero-order valence-corrected chi connectivity index (χ0v) is 9.81. The van der Waals surface area contributed by atoms with Crippen LogP contribution in [0.2, 0.25) is 0 Å². The molecule has 1 N–H and O–H groups in total. The van der Waals surface area contributed by atoms with Crippen molar-refractivity contribution in [3.05, 3.63) is 0 Å². The molecule has 0 radical (unpaired) electrons. The summed E-state index contributed by atoms with van der Waals surface area (Å²) in [6.45, 7) is 4.71. The second-order valence-electron chi connectivity index (χ2n) is 3.73. The molecular weight excluding hydrogens is 200 g/mol. The van der Waals surface area contributed by atoms with E-state index in [0.29, 0.717) is 6.61 Å². The molecule has 84 valence electrons. The van der Waals surface area contributed by atoms with Crippen LogP contribution in [0.25, 0.3) is 0 Å². The van der Waals surface area contributed by atoms with Crippen LogP contribution < -0.4 is 0 Å². The number of rotatable bonds is 6. The molecule has 0 saturated carbocycles. The number of ether oxygens (including phenoxy) is 2. The van der Waals surface area contributed by atoms with E-state index < -0.39 is 5.79 Å². The van der Waals surface area contributed by atoms with Gasteiger partial charge in [-0.25, -0.2) is 0 Å². The van der Waals surface area contributed by atoms with Crippen LogP contribution in [-0.2, 0) is 9.47 Å². The Bertz CT molecular complexity index is 165. The summed E-state index contributed by atoms with van der Waals surface area (Å²) >= 11 is 1.92. The first-order chi connectivity index (χ1) is 6.70. The number of hydrogen-bond acceptors (Lipinski definition) is 4. The number of aliphatic hydroxyl groups excluding tert-OH is 1. The largest absolute Gasteiger partial charge is 0.394 e. The Morgan fingerprint density at radius 2 is 2.29 bits per heavy atom. The van der Waals surface area contributed by atoms with Crippen LogP contribution in [0.15, 0.2) is 0 Å². The molecule has 0 aromatic rings. The van der Waals surface area contributed by atoms with E-state index in [2.05, 4.69) is 6.92 Å². The second-order valence-corrected chi connectivity index (χ2v) is 4.95. The quantitative estimate of drug-likeness (QED) is 0.691. The first kappa shape index (κ1) is 12.3. The average Bonchev–Trinajstić information content (AvgIpc) is 2.56. The van der Waals surface area contributed by atoms with E-state index in [1.807, 2.05) is 18.7 Å². The molecule has 0 amide bonds. The lowest BCUT2D eigenvalue weighted by Gasteiger charge is -2.22. The van der Waals surface area contributed by atoms with Crippen molar-refractivity contribution in [3.63, 3.8) is 0 Å². The molecule has 0 spiro atoms. The summed E-state index contributed by atoms with van der Waals surface area (Å²) in [6.07, 6.45) is 1.98. The van der Waals surface area contributed by atoms with Crippen molar-refractivity contribution < 1.29 is 14.6 Å². The summed E-state index contributed by atoms with van der Waals surface area (Å²) in [5.41, 5.74) is 0. The highest BCUT2D eigenvalue weighted by molar-refractivity contribution is 7.99. The third-order valence-corrected chi connectivity index (χ3v) is 3.43. The lowest BCUT2D eigenvalue weighted by Crippen LogP contribution is -2.28. The Hall–Kier alpha value is 0.230. The Morgan fingerprint density at radius 3 is 2.86 bits per heavy atom. The molecule has 0 aromatic heterocycles. The molecule has 1 aliphatic rings.